The van der Waals surface area contributed by atoms with E-state index in [1.54, 1.807) is 11.3 Å². The molecule has 92 valence electrons. The minimum Gasteiger partial charge on any atom is -0.345 e. The Bertz CT molecular complexity index is 475. The number of halogens is 1. The van der Waals surface area contributed by atoms with Gasteiger partial charge in [0.05, 0.1) is 11.6 Å². The first-order valence-electron chi connectivity index (χ1n) is 5.82. The van der Waals surface area contributed by atoms with Crippen LogP contribution in [0.15, 0.2) is 29.8 Å². The Labute approximate surface area is 111 Å². The molecule has 2 aromatic rings. The second-order valence-corrected chi connectivity index (χ2v) is 5.44. The summed E-state index contributed by atoms with van der Waals surface area (Å²) < 4.78 is 2.26. The van der Waals surface area contributed by atoms with Crippen molar-refractivity contribution in [3.63, 3.8) is 0 Å². The Morgan fingerprint density at radius 2 is 2.29 bits per heavy atom. The minimum atomic E-state index is 0.369. The summed E-state index contributed by atoms with van der Waals surface area (Å²) in [5.74, 6) is 0. The van der Waals surface area contributed by atoms with Crippen molar-refractivity contribution in [1.29, 1.82) is 0 Å². The molecule has 17 heavy (non-hydrogen) atoms. The van der Waals surface area contributed by atoms with Gasteiger partial charge in [-0.05, 0) is 37.0 Å². The van der Waals surface area contributed by atoms with Crippen molar-refractivity contribution in [2.24, 2.45) is 0 Å². The van der Waals surface area contributed by atoms with Gasteiger partial charge >= 0.3 is 0 Å². The maximum Gasteiger partial charge on any atom is 0.0581 e. The highest BCUT2D eigenvalue weighted by molar-refractivity contribution is 7.10. The van der Waals surface area contributed by atoms with Gasteiger partial charge in [0, 0.05) is 22.8 Å². The Hall–Kier alpha value is -0.770. The zero-order chi connectivity index (χ0) is 12.3. The molecule has 1 atom stereocenters. The van der Waals surface area contributed by atoms with E-state index in [0.29, 0.717) is 6.04 Å². The van der Waals surface area contributed by atoms with Gasteiger partial charge in [-0.15, -0.1) is 11.3 Å². The number of thiophene rings is 1. The minimum absolute atomic E-state index is 0.369. The van der Waals surface area contributed by atoms with E-state index in [9.17, 15) is 0 Å². The zero-order valence-corrected chi connectivity index (χ0v) is 11.7. The molecule has 0 radical (unpaired) electrons. The fraction of sp³-hybridized carbons (Fsp3) is 0.385. The number of nitrogens with zero attached hydrogens (tertiary/aromatic N) is 1. The third-order valence-corrected chi connectivity index (χ3v) is 4.20. The predicted octanol–water partition coefficient (Wildman–Crippen LogP) is 3.92. The highest BCUT2D eigenvalue weighted by Crippen LogP contribution is 2.24. The lowest BCUT2D eigenvalue weighted by Gasteiger charge is -2.16. The molecule has 0 amide bonds. The summed E-state index contributed by atoms with van der Waals surface area (Å²) in [5, 5.41) is 6.33. The standard InChI is InChI=1S/C13H17ClN2S/c1-3-15-10(2)12-5-4-7-16(12)9-13-11(14)6-8-17-13/h4-8,10,15H,3,9H2,1-2H3. The van der Waals surface area contributed by atoms with Crippen molar-refractivity contribution in [1.82, 2.24) is 9.88 Å². The molecule has 0 bridgehead atoms. The molecule has 0 saturated heterocycles. The van der Waals surface area contributed by atoms with Crippen molar-refractivity contribution < 1.29 is 0 Å². The molecule has 2 aromatic heterocycles. The molecule has 0 saturated carbocycles. The molecule has 2 rings (SSSR count). The van der Waals surface area contributed by atoms with E-state index in [1.807, 2.05) is 11.4 Å². The van der Waals surface area contributed by atoms with Crippen molar-refractivity contribution in [2.45, 2.75) is 26.4 Å². The SMILES string of the molecule is CCNC(C)c1cccn1Cc1sccc1Cl. The van der Waals surface area contributed by atoms with E-state index in [1.165, 1.54) is 10.6 Å². The van der Waals surface area contributed by atoms with Gasteiger partial charge in [-0.2, -0.15) is 0 Å². The van der Waals surface area contributed by atoms with Gasteiger partial charge in [-0.3, -0.25) is 0 Å². The van der Waals surface area contributed by atoms with Gasteiger partial charge in [0.1, 0.15) is 0 Å². The summed E-state index contributed by atoms with van der Waals surface area (Å²) >= 11 is 7.84. The van der Waals surface area contributed by atoms with Crippen LogP contribution in [0.4, 0.5) is 0 Å². The van der Waals surface area contributed by atoms with Crippen molar-refractivity contribution in [3.8, 4) is 0 Å². The second-order valence-electron chi connectivity index (χ2n) is 4.03. The smallest absolute Gasteiger partial charge is 0.0581 e. The van der Waals surface area contributed by atoms with E-state index < -0.39 is 0 Å². The Morgan fingerprint density at radius 1 is 1.47 bits per heavy atom. The first-order chi connectivity index (χ1) is 8.22. The van der Waals surface area contributed by atoms with Gasteiger partial charge in [-0.1, -0.05) is 18.5 Å². The quantitative estimate of drug-likeness (QED) is 0.870. The topological polar surface area (TPSA) is 17.0 Å². The molecule has 0 spiro atoms. The van der Waals surface area contributed by atoms with Crippen molar-refractivity contribution >= 4 is 22.9 Å². The van der Waals surface area contributed by atoms with E-state index in [4.69, 9.17) is 11.6 Å². The number of rotatable bonds is 5. The van der Waals surface area contributed by atoms with E-state index in [0.717, 1.165) is 18.1 Å². The summed E-state index contributed by atoms with van der Waals surface area (Å²) in [6, 6.07) is 6.58. The van der Waals surface area contributed by atoms with Crippen LogP contribution in [0, 0.1) is 0 Å². The average Bonchev–Trinajstić information content (AvgIpc) is 2.90. The number of hydrogen-bond donors (Lipinski definition) is 1. The summed E-state index contributed by atoms with van der Waals surface area (Å²) in [4.78, 5) is 1.22. The molecule has 2 heterocycles. The molecular weight excluding hydrogens is 252 g/mol. The molecule has 1 unspecified atom stereocenters. The highest BCUT2D eigenvalue weighted by Gasteiger charge is 2.10. The van der Waals surface area contributed by atoms with Crippen LogP contribution in [-0.2, 0) is 6.54 Å². The number of hydrogen-bond acceptors (Lipinski definition) is 2. The molecule has 1 N–H and O–H groups in total. The maximum absolute atomic E-state index is 6.13. The third-order valence-electron chi connectivity index (χ3n) is 2.82. The molecule has 4 heteroatoms. The van der Waals surface area contributed by atoms with Crippen LogP contribution < -0.4 is 5.32 Å². The fourth-order valence-corrected chi connectivity index (χ4v) is 3.06. The fourth-order valence-electron chi connectivity index (χ4n) is 1.97. The molecule has 0 aliphatic heterocycles. The van der Waals surface area contributed by atoms with Crippen LogP contribution in [0.1, 0.15) is 30.5 Å². The number of nitrogens with one attached hydrogen (secondary N) is 1. The molecule has 0 aromatic carbocycles. The predicted molar refractivity (Wildman–Crippen MR) is 75.0 cm³/mol. The summed E-state index contributed by atoms with van der Waals surface area (Å²) in [5.41, 5.74) is 1.30. The summed E-state index contributed by atoms with van der Waals surface area (Å²) in [6.45, 7) is 6.14. The lowest BCUT2D eigenvalue weighted by Crippen LogP contribution is -2.20. The molecule has 0 aliphatic carbocycles. The van der Waals surface area contributed by atoms with Crippen LogP contribution in [0.3, 0.4) is 0 Å². The van der Waals surface area contributed by atoms with Gasteiger partial charge < -0.3 is 9.88 Å². The van der Waals surface area contributed by atoms with Gasteiger partial charge in [-0.25, -0.2) is 0 Å². The van der Waals surface area contributed by atoms with Crippen LogP contribution in [0.25, 0.3) is 0 Å². The van der Waals surface area contributed by atoms with Crippen LogP contribution >= 0.6 is 22.9 Å². The van der Waals surface area contributed by atoms with E-state index in [2.05, 4.69) is 42.1 Å². The molecule has 2 nitrogen and oxygen atoms in total. The average molecular weight is 269 g/mol. The maximum atomic E-state index is 6.13. The molecular formula is C13H17ClN2S. The van der Waals surface area contributed by atoms with Gasteiger partial charge in [0.25, 0.3) is 0 Å². The highest BCUT2D eigenvalue weighted by atomic mass is 35.5. The van der Waals surface area contributed by atoms with E-state index in [-0.39, 0.29) is 0 Å². The summed E-state index contributed by atoms with van der Waals surface area (Å²) in [6.07, 6.45) is 2.11. The van der Waals surface area contributed by atoms with Crippen LogP contribution in [0.5, 0.6) is 0 Å². The van der Waals surface area contributed by atoms with E-state index >= 15 is 0 Å². The van der Waals surface area contributed by atoms with Gasteiger partial charge in [0.15, 0.2) is 0 Å². The largest absolute Gasteiger partial charge is 0.345 e. The normalized spacial score (nSPS) is 12.9. The lowest BCUT2D eigenvalue weighted by atomic mass is 10.2. The van der Waals surface area contributed by atoms with Crippen LogP contribution in [0.2, 0.25) is 5.02 Å². The van der Waals surface area contributed by atoms with Crippen LogP contribution in [-0.4, -0.2) is 11.1 Å². The number of aromatic nitrogens is 1. The first kappa shape index (κ1) is 12.7. The zero-order valence-electron chi connectivity index (χ0n) is 10.1. The first-order valence-corrected chi connectivity index (χ1v) is 7.08. The Kier molecular flexibility index (Phi) is 4.26. The van der Waals surface area contributed by atoms with Crippen molar-refractivity contribution in [3.05, 3.63) is 45.4 Å². The lowest BCUT2D eigenvalue weighted by molar-refractivity contribution is 0.554. The molecule has 0 fully saturated rings. The molecule has 0 aliphatic rings. The van der Waals surface area contributed by atoms with Gasteiger partial charge in [0.2, 0.25) is 0 Å². The third kappa shape index (κ3) is 2.92. The summed E-state index contributed by atoms with van der Waals surface area (Å²) in [7, 11) is 0. The Morgan fingerprint density at radius 3 is 2.94 bits per heavy atom. The monoisotopic (exact) mass is 268 g/mol. The van der Waals surface area contributed by atoms with Crippen molar-refractivity contribution in [2.75, 3.05) is 6.54 Å². The Balaban J connectivity index is 2.17. The second kappa shape index (κ2) is 5.71.